The lowest BCUT2D eigenvalue weighted by Crippen LogP contribution is -2.28. The molecule has 0 saturated heterocycles. The predicted octanol–water partition coefficient (Wildman–Crippen LogP) is 3.64. The molecule has 3 rings (SSSR count). The zero-order chi connectivity index (χ0) is 14.7. The molecule has 21 heavy (non-hydrogen) atoms. The predicted molar refractivity (Wildman–Crippen MR) is 82.1 cm³/mol. The number of para-hydroxylation sites is 2. The van der Waals surface area contributed by atoms with Crippen LogP contribution in [0.4, 0.5) is 10.5 Å². The van der Waals surface area contributed by atoms with E-state index in [4.69, 9.17) is 4.42 Å². The van der Waals surface area contributed by atoms with Crippen LogP contribution in [-0.2, 0) is 0 Å². The van der Waals surface area contributed by atoms with Gasteiger partial charge >= 0.3 is 6.03 Å². The third kappa shape index (κ3) is 2.86. The molecule has 0 aliphatic heterocycles. The summed E-state index contributed by atoms with van der Waals surface area (Å²) in [7, 11) is 0. The van der Waals surface area contributed by atoms with Gasteiger partial charge in [-0.1, -0.05) is 18.2 Å². The highest BCUT2D eigenvalue weighted by Gasteiger charge is 2.09. The van der Waals surface area contributed by atoms with Gasteiger partial charge in [0, 0.05) is 17.8 Å². The van der Waals surface area contributed by atoms with Crippen LogP contribution in [0.2, 0.25) is 0 Å². The Morgan fingerprint density at radius 1 is 1.19 bits per heavy atom. The minimum absolute atomic E-state index is 0.229. The highest BCUT2D eigenvalue weighted by Crippen LogP contribution is 2.25. The van der Waals surface area contributed by atoms with E-state index in [2.05, 4.69) is 15.6 Å². The Balaban J connectivity index is 1.90. The number of hydrogen-bond donors (Lipinski definition) is 2. The highest BCUT2D eigenvalue weighted by molar-refractivity contribution is 5.90. The molecule has 0 radical (unpaired) electrons. The van der Waals surface area contributed by atoms with E-state index in [0.29, 0.717) is 18.1 Å². The summed E-state index contributed by atoms with van der Waals surface area (Å²) in [6, 6.07) is 14.8. The smallest absolute Gasteiger partial charge is 0.319 e. The second kappa shape index (κ2) is 5.66. The van der Waals surface area contributed by atoms with Crippen LogP contribution in [-0.4, -0.2) is 17.6 Å². The number of nitrogens with one attached hydrogen (secondary N) is 2. The van der Waals surface area contributed by atoms with Gasteiger partial charge in [-0.2, -0.15) is 0 Å². The summed E-state index contributed by atoms with van der Waals surface area (Å²) in [5.74, 6) is 0.538. The summed E-state index contributed by atoms with van der Waals surface area (Å²) in [4.78, 5) is 16.0. The van der Waals surface area contributed by atoms with Crippen molar-refractivity contribution in [2.24, 2.45) is 0 Å². The van der Waals surface area contributed by atoms with Crippen LogP contribution in [0.15, 0.2) is 52.9 Å². The molecule has 5 nitrogen and oxygen atoms in total. The molecular formula is C16H15N3O2. The lowest BCUT2D eigenvalue weighted by atomic mass is 10.2. The number of hydrogen-bond acceptors (Lipinski definition) is 3. The van der Waals surface area contributed by atoms with Crippen LogP contribution >= 0.6 is 0 Å². The van der Waals surface area contributed by atoms with Gasteiger partial charge in [0.25, 0.3) is 0 Å². The van der Waals surface area contributed by atoms with Gasteiger partial charge in [0.1, 0.15) is 5.52 Å². The molecular weight excluding hydrogens is 266 g/mol. The maximum atomic E-state index is 11.5. The molecule has 0 atom stereocenters. The van der Waals surface area contributed by atoms with Gasteiger partial charge in [0.2, 0.25) is 5.89 Å². The summed E-state index contributed by atoms with van der Waals surface area (Å²) in [5.41, 5.74) is 3.07. The van der Waals surface area contributed by atoms with Crippen LogP contribution in [0.5, 0.6) is 0 Å². The molecule has 0 bridgehead atoms. The molecule has 0 saturated carbocycles. The molecule has 1 aromatic heterocycles. The molecule has 0 unspecified atom stereocenters. The summed E-state index contributed by atoms with van der Waals surface area (Å²) < 4.78 is 5.72. The quantitative estimate of drug-likeness (QED) is 0.770. The van der Waals surface area contributed by atoms with Gasteiger partial charge in [0.05, 0.1) is 0 Å². The first kappa shape index (κ1) is 13.2. The average molecular weight is 281 g/mol. The van der Waals surface area contributed by atoms with Crippen molar-refractivity contribution in [1.29, 1.82) is 0 Å². The van der Waals surface area contributed by atoms with E-state index in [-0.39, 0.29) is 6.03 Å². The van der Waals surface area contributed by atoms with E-state index in [0.717, 1.165) is 16.7 Å². The number of rotatable bonds is 3. The summed E-state index contributed by atoms with van der Waals surface area (Å²) in [6.45, 7) is 2.45. The number of amides is 2. The van der Waals surface area contributed by atoms with Gasteiger partial charge in [-0.25, -0.2) is 9.78 Å². The molecule has 1 heterocycles. The Bertz CT molecular complexity index is 747. The summed E-state index contributed by atoms with van der Waals surface area (Å²) >= 11 is 0. The van der Waals surface area contributed by atoms with Crippen molar-refractivity contribution in [3.63, 3.8) is 0 Å². The number of carbonyl (C=O) groups excluding carboxylic acids is 1. The maximum absolute atomic E-state index is 11.5. The normalized spacial score (nSPS) is 10.5. The topological polar surface area (TPSA) is 67.2 Å². The van der Waals surface area contributed by atoms with Crippen LogP contribution in [0, 0.1) is 0 Å². The molecule has 2 N–H and O–H groups in total. The number of fused-ring (bicyclic) bond motifs is 1. The number of benzene rings is 2. The molecule has 0 spiro atoms. The Kier molecular flexibility index (Phi) is 3.55. The van der Waals surface area contributed by atoms with E-state index in [1.165, 1.54) is 0 Å². The van der Waals surface area contributed by atoms with Gasteiger partial charge in [-0.05, 0) is 37.3 Å². The number of aromatic nitrogens is 1. The van der Waals surface area contributed by atoms with Gasteiger partial charge in [0.15, 0.2) is 5.58 Å². The van der Waals surface area contributed by atoms with Gasteiger partial charge in [-0.3, -0.25) is 0 Å². The number of nitrogens with zero attached hydrogens (tertiary/aromatic N) is 1. The monoisotopic (exact) mass is 281 g/mol. The van der Waals surface area contributed by atoms with Crippen LogP contribution in [0.1, 0.15) is 6.92 Å². The van der Waals surface area contributed by atoms with Gasteiger partial charge in [-0.15, -0.1) is 0 Å². The van der Waals surface area contributed by atoms with Crippen molar-refractivity contribution in [3.8, 4) is 11.5 Å². The van der Waals surface area contributed by atoms with Crippen molar-refractivity contribution in [1.82, 2.24) is 10.3 Å². The number of anilines is 1. The number of carbonyl (C=O) groups is 1. The van der Waals surface area contributed by atoms with Crippen LogP contribution in [0.25, 0.3) is 22.6 Å². The zero-order valence-electron chi connectivity index (χ0n) is 11.6. The fraction of sp³-hybridized carbons (Fsp3) is 0.125. The second-order valence-electron chi connectivity index (χ2n) is 4.55. The lowest BCUT2D eigenvalue weighted by Gasteiger charge is -2.06. The average Bonchev–Trinajstić information content (AvgIpc) is 2.91. The Morgan fingerprint density at radius 3 is 2.86 bits per heavy atom. The fourth-order valence-corrected chi connectivity index (χ4v) is 2.06. The minimum Gasteiger partial charge on any atom is -0.436 e. The SMILES string of the molecule is CCNC(=O)Nc1cccc(-c2nc3ccccc3o2)c1. The third-order valence-corrected chi connectivity index (χ3v) is 3.00. The van der Waals surface area contributed by atoms with E-state index < -0.39 is 0 Å². The van der Waals surface area contributed by atoms with E-state index in [1.54, 1.807) is 0 Å². The summed E-state index contributed by atoms with van der Waals surface area (Å²) in [6.07, 6.45) is 0. The largest absolute Gasteiger partial charge is 0.436 e. The van der Waals surface area contributed by atoms with Crippen LogP contribution < -0.4 is 10.6 Å². The molecule has 2 amide bonds. The second-order valence-corrected chi connectivity index (χ2v) is 4.55. The van der Waals surface area contributed by atoms with E-state index >= 15 is 0 Å². The first-order valence-electron chi connectivity index (χ1n) is 6.77. The molecule has 0 aliphatic rings. The zero-order valence-corrected chi connectivity index (χ0v) is 11.6. The molecule has 0 fully saturated rings. The molecule has 5 heteroatoms. The number of oxazole rings is 1. The van der Waals surface area contributed by atoms with Gasteiger partial charge < -0.3 is 15.1 Å². The van der Waals surface area contributed by atoms with Crippen molar-refractivity contribution in [3.05, 3.63) is 48.5 Å². The molecule has 3 aromatic rings. The Labute approximate surface area is 122 Å². The molecule has 2 aromatic carbocycles. The van der Waals surface area contributed by atoms with E-state index in [9.17, 15) is 4.79 Å². The minimum atomic E-state index is -0.229. The van der Waals surface area contributed by atoms with E-state index in [1.807, 2.05) is 55.5 Å². The maximum Gasteiger partial charge on any atom is 0.319 e. The molecule has 106 valence electrons. The Morgan fingerprint density at radius 2 is 2.05 bits per heavy atom. The van der Waals surface area contributed by atoms with Crippen LogP contribution in [0.3, 0.4) is 0 Å². The van der Waals surface area contributed by atoms with Crippen molar-refractivity contribution < 1.29 is 9.21 Å². The summed E-state index contributed by atoms with van der Waals surface area (Å²) in [5, 5.41) is 5.45. The van der Waals surface area contributed by atoms with Crippen molar-refractivity contribution >= 4 is 22.8 Å². The standard InChI is InChI=1S/C16H15N3O2/c1-2-17-16(20)18-12-7-5-6-11(10-12)15-19-13-8-3-4-9-14(13)21-15/h3-10H,2H2,1H3,(H2,17,18,20). The van der Waals surface area contributed by atoms with Crippen molar-refractivity contribution in [2.75, 3.05) is 11.9 Å². The first-order chi connectivity index (χ1) is 10.3. The Hall–Kier alpha value is -2.82. The first-order valence-corrected chi connectivity index (χ1v) is 6.77. The third-order valence-electron chi connectivity index (χ3n) is 3.00. The lowest BCUT2D eigenvalue weighted by molar-refractivity contribution is 0.252. The fourth-order valence-electron chi connectivity index (χ4n) is 2.06. The number of urea groups is 1. The van der Waals surface area contributed by atoms with Crippen molar-refractivity contribution in [2.45, 2.75) is 6.92 Å². The molecule has 0 aliphatic carbocycles. The highest BCUT2D eigenvalue weighted by atomic mass is 16.3.